The van der Waals surface area contributed by atoms with E-state index in [-0.39, 0.29) is 17.8 Å². The second-order valence-corrected chi connectivity index (χ2v) is 5.13. The molecule has 1 atom stereocenters. The van der Waals surface area contributed by atoms with E-state index in [4.69, 9.17) is 5.11 Å². The van der Waals surface area contributed by atoms with E-state index < -0.39 is 29.6 Å². The minimum Gasteiger partial charge on any atom is -0.481 e. The van der Waals surface area contributed by atoms with Gasteiger partial charge in [-0.3, -0.25) is 4.79 Å². The number of urea groups is 1. The molecule has 0 radical (unpaired) electrons. The van der Waals surface area contributed by atoms with Crippen molar-refractivity contribution in [2.45, 2.75) is 19.8 Å². The topological polar surface area (TPSA) is 69.6 Å². The van der Waals surface area contributed by atoms with Crippen molar-refractivity contribution in [2.24, 2.45) is 5.92 Å². The number of carbonyl (C=O) groups excluding carboxylic acids is 1. The number of rotatable bonds is 2. The first-order valence-electron chi connectivity index (χ1n) is 6.63. The second-order valence-electron chi connectivity index (χ2n) is 5.13. The lowest BCUT2D eigenvalue weighted by molar-refractivity contribution is -0.143. The maximum atomic E-state index is 13.7. The summed E-state index contributed by atoms with van der Waals surface area (Å²) >= 11 is 0. The number of halogens is 2. The molecule has 1 unspecified atom stereocenters. The molecule has 1 heterocycles. The zero-order valence-corrected chi connectivity index (χ0v) is 11.5. The Balaban J connectivity index is 2.07. The summed E-state index contributed by atoms with van der Waals surface area (Å²) in [5, 5.41) is 11.3. The highest BCUT2D eigenvalue weighted by Gasteiger charge is 2.28. The molecule has 1 fully saturated rings. The molecule has 2 rings (SSSR count). The molecule has 1 aromatic rings. The van der Waals surface area contributed by atoms with Crippen LogP contribution in [0.15, 0.2) is 12.1 Å². The molecule has 5 nitrogen and oxygen atoms in total. The smallest absolute Gasteiger partial charge is 0.321 e. The Hall–Kier alpha value is -2.18. The lowest BCUT2D eigenvalue weighted by Gasteiger charge is -2.30. The molecule has 0 aromatic heterocycles. The van der Waals surface area contributed by atoms with Gasteiger partial charge in [0.2, 0.25) is 0 Å². The highest BCUT2D eigenvalue weighted by molar-refractivity contribution is 5.90. The van der Waals surface area contributed by atoms with Crippen molar-refractivity contribution in [1.29, 1.82) is 0 Å². The van der Waals surface area contributed by atoms with Gasteiger partial charge < -0.3 is 15.3 Å². The van der Waals surface area contributed by atoms with Crippen LogP contribution in [0.25, 0.3) is 0 Å². The van der Waals surface area contributed by atoms with E-state index in [0.29, 0.717) is 19.4 Å². The van der Waals surface area contributed by atoms with Crippen molar-refractivity contribution in [3.05, 3.63) is 29.3 Å². The minimum atomic E-state index is -0.958. The first-order valence-corrected chi connectivity index (χ1v) is 6.63. The number of likely N-dealkylation sites (tertiary alicyclic amines) is 1. The number of hydrogen-bond acceptors (Lipinski definition) is 2. The van der Waals surface area contributed by atoms with Crippen LogP contribution in [0.3, 0.4) is 0 Å². The van der Waals surface area contributed by atoms with Gasteiger partial charge in [-0.15, -0.1) is 0 Å². The summed E-state index contributed by atoms with van der Waals surface area (Å²) in [6.07, 6.45) is 1.07. The van der Waals surface area contributed by atoms with Gasteiger partial charge in [0, 0.05) is 19.2 Å². The van der Waals surface area contributed by atoms with Crippen LogP contribution >= 0.6 is 0 Å². The average molecular weight is 298 g/mol. The Morgan fingerprint density at radius 1 is 1.33 bits per heavy atom. The molecule has 21 heavy (non-hydrogen) atoms. The van der Waals surface area contributed by atoms with Crippen LogP contribution in [0, 0.1) is 24.5 Å². The predicted octanol–water partition coefficient (Wildman–Crippen LogP) is 2.60. The first kappa shape index (κ1) is 15.2. The number of carbonyl (C=O) groups is 2. The fourth-order valence-electron chi connectivity index (χ4n) is 2.30. The highest BCUT2D eigenvalue weighted by Crippen LogP contribution is 2.21. The van der Waals surface area contributed by atoms with Crippen LogP contribution in [0.4, 0.5) is 19.3 Å². The molecule has 0 spiro atoms. The molecular weight excluding hydrogens is 282 g/mol. The summed E-state index contributed by atoms with van der Waals surface area (Å²) in [6.45, 7) is 1.88. The molecular formula is C14H16F2N2O3. The monoisotopic (exact) mass is 298 g/mol. The van der Waals surface area contributed by atoms with Crippen molar-refractivity contribution in [3.63, 3.8) is 0 Å². The van der Waals surface area contributed by atoms with Gasteiger partial charge in [0.25, 0.3) is 0 Å². The number of amides is 2. The Morgan fingerprint density at radius 3 is 2.71 bits per heavy atom. The maximum Gasteiger partial charge on any atom is 0.321 e. The fourth-order valence-corrected chi connectivity index (χ4v) is 2.30. The second kappa shape index (κ2) is 6.07. The molecule has 1 aromatic carbocycles. The van der Waals surface area contributed by atoms with Gasteiger partial charge in [-0.25, -0.2) is 13.6 Å². The molecule has 1 saturated heterocycles. The van der Waals surface area contributed by atoms with Crippen LogP contribution in [0.1, 0.15) is 18.4 Å². The van der Waals surface area contributed by atoms with Crippen molar-refractivity contribution in [3.8, 4) is 0 Å². The van der Waals surface area contributed by atoms with Crippen molar-refractivity contribution in [2.75, 3.05) is 18.4 Å². The predicted molar refractivity (Wildman–Crippen MR) is 72.0 cm³/mol. The van der Waals surface area contributed by atoms with E-state index >= 15 is 0 Å². The molecule has 2 amide bonds. The van der Waals surface area contributed by atoms with Gasteiger partial charge >= 0.3 is 12.0 Å². The zero-order chi connectivity index (χ0) is 15.6. The summed E-state index contributed by atoms with van der Waals surface area (Å²) in [7, 11) is 0. The summed E-state index contributed by atoms with van der Waals surface area (Å²) in [5.74, 6) is -2.92. The molecule has 114 valence electrons. The van der Waals surface area contributed by atoms with Crippen LogP contribution in [-0.4, -0.2) is 35.1 Å². The third-order valence-electron chi connectivity index (χ3n) is 3.55. The normalized spacial score (nSPS) is 18.4. The quantitative estimate of drug-likeness (QED) is 0.881. The molecule has 7 heteroatoms. The van der Waals surface area contributed by atoms with E-state index in [1.807, 2.05) is 0 Å². The Labute approximate surface area is 120 Å². The Kier molecular flexibility index (Phi) is 4.40. The third kappa shape index (κ3) is 3.48. The largest absolute Gasteiger partial charge is 0.481 e. The molecule has 0 saturated carbocycles. The van der Waals surface area contributed by atoms with E-state index in [0.717, 1.165) is 12.1 Å². The number of nitrogens with one attached hydrogen (secondary N) is 1. The van der Waals surface area contributed by atoms with Crippen molar-refractivity contribution < 1.29 is 23.5 Å². The molecule has 2 N–H and O–H groups in total. The van der Waals surface area contributed by atoms with Crippen LogP contribution in [-0.2, 0) is 4.79 Å². The van der Waals surface area contributed by atoms with Crippen LogP contribution < -0.4 is 5.32 Å². The first-order chi connectivity index (χ1) is 9.88. The number of anilines is 1. The van der Waals surface area contributed by atoms with E-state index in [1.165, 1.54) is 11.8 Å². The Bertz CT molecular complexity index is 578. The Morgan fingerprint density at radius 2 is 2.05 bits per heavy atom. The van der Waals surface area contributed by atoms with Gasteiger partial charge in [0.15, 0.2) is 0 Å². The third-order valence-corrected chi connectivity index (χ3v) is 3.55. The summed E-state index contributed by atoms with van der Waals surface area (Å²) < 4.78 is 27.1. The summed E-state index contributed by atoms with van der Waals surface area (Å²) in [5.41, 5.74) is -0.102. The molecule has 1 aliphatic heterocycles. The highest BCUT2D eigenvalue weighted by atomic mass is 19.1. The zero-order valence-electron chi connectivity index (χ0n) is 11.5. The average Bonchev–Trinajstić information content (AvgIpc) is 2.44. The van der Waals surface area contributed by atoms with E-state index in [1.54, 1.807) is 0 Å². The SMILES string of the molecule is Cc1cc(F)c(NC(=O)N2CCCC(C(=O)O)C2)cc1F. The number of hydrogen-bond donors (Lipinski definition) is 2. The van der Waals surface area contributed by atoms with Crippen molar-refractivity contribution >= 4 is 17.7 Å². The van der Waals surface area contributed by atoms with E-state index in [2.05, 4.69) is 5.32 Å². The number of benzene rings is 1. The number of aliphatic carboxylic acids is 1. The van der Waals surface area contributed by atoms with Gasteiger partial charge in [0.1, 0.15) is 11.6 Å². The number of piperidine rings is 1. The maximum absolute atomic E-state index is 13.7. The summed E-state index contributed by atoms with van der Waals surface area (Å²) in [4.78, 5) is 24.3. The van der Waals surface area contributed by atoms with Crippen LogP contribution in [0.5, 0.6) is 0 Å². The molecule has 1 aliphatic rings. The fraction of sp³-hybridized carbons (Fsp3) is 0.429. The minimum absolute atomic E-state index is 0.0666. The lowest BCUT2D eigenvalue weighted by atomic mass is 9.99. The van der Waals surface area contributed by atoms with Gasteiger partial charge in [0.05, 0.1) is 11.6 Å². The lowest BCUT2D eigenvalue weighted by Crippen LogP contribution is -2.44. The van der Waals surface area contributed by atoms with Crippen molar-refractivity contribution in [1.82, 2.24) is 4.90 Å². The molecule has 0 bridgehead atoms. The number of aryl methyl sites for hydroxylation is 1. The van der Waals surface area contributed by atoms with Gasteiger partial charge in [-0.1, -0.05) is 0 Å². The summed E-state index contributed by atoms with van der Waals surface area (Å²) in [6, 6.07) is 1.30. The van der Waals surface area contributed by atoms with Gasteiger partial charge in [-0.05, 0) is 31.4 Å². The molecule has 0 aliphatic carbocycles. The standard InChI is InChI=1S/C14H16F2N2O3/c1-8-5-11(16)12(6-10(8)15)17-14(21)18-4-2-3-9(7-18)13(19)20/h5-6,9H,2-4,7H2,1H3,(H,17,21)(H,19,20). The number of carboxylic acids is 1. The van der Waals surface area contributed by atoms with E-state index in [9.17, 15) is 18.4 Å². The number of carboxylic acid groups (broad SMARTS) is 1. The van der Waals surface area contributed by atoms with Gasteiger partial charge in [-0.2, -0.15) is 0 Å². The van der Waals surface area contributed by atoms with Crippen LogP contribution in [0.2, 0.25) is 0 Å². The number of nitrogens with zero attached hydrogens (tertiary/aromatic N) is 1.